The SMILES string of the molecule is Cl.O=C1N[C@@H](c2ccc(Cl)cc2C(F)(F)F)CO1. The Bertz CT molecular complexity index is 465. The van der Waals surface area contributed by atoms with Crippen molar-refractivity contribution in [2.45, 2.75) is 12.2 Å². The van der Waals surface area contributed by atoms with Crippen LogP contribution < -0.4 is 5.32 Å². The normalized spacial score (nSPS) is 18.9. The highest BCUT2D eigenvalue weighted by Gasteiger charge is 2.37. The maximum Gasteiger partial charge on any atom is 0.416 e. The molecule has 2 rings (SSSR count). The molecule has 1 heterocycles. The summed E-state index contributed by atoms with van der Waals surface area (Å²) >= 11 is 5.54. The fraction of sp³-hybridized carbons (Fsp3) is 0.300. The maximum absolute atomic E-state index is 12.8. The Morgan fingerprint density at radius 3 is 2.56 bits per heavy atom. The summed E-state index contributed by atoms with van der Waals surface area (Å²) in [7, 11) is 0. The van der Waals surface area contributed by atoms with Gasteiger partial charge in [-0.15, -0.1) is 12.4 Å². The van der Waals surface area contributed by atoms with E-state index in [4.69, 9.17) is 11.6 Å². The first-order chi connectivity index (χ1) is 7.88. The second kappa shape index (κ2) is 5.24. The Hall–Kier alpha value is -1.14. The van der Waals surface area contributed by atoms with Gasteiger partial charge in [-0.25, -0.2) is 4.79 Å². The average Bonchev–Trinajstić information content (AvgIpc) is 2.63. The zero-order chi connectivity index (χ0) is 12.6. The first kappa shape index (κ1) is 14.9. The molecule has 0 saturated carbocycles. The Balaban J connectivity index is 0.00000162. The third-order valence-corrected chi connectivity index (χ3v) is 2.60. The molecule has 0 bridgehead atoms. The molecule has 1 amide bonds. The van der Waals surface area contributed by atoms with Gasteiger partial charge >= 0.3 is 12.3 Å². The van der Waals surface area contributed by atoms with Crippen LogP contribution in [0.3, 0.4) is 0 Å². The lowest BCUT2D eigenvalue weighted by Gasteiger charge is -2.16. The van der Waals surface area contributed by atoms with E-state index in [0.717, 1.165) is 6.07 Å². The summed E-state index contributed by atoms with van der Waals surface area (Å²) in [5.74, 6) is 0. The lowest BCUT2D eigenvalue weighted by molar-refractivity contribution is -0.138. The molecule has 0 radical (unpaired) electrons. The molecule has 1 saturated heterocycles. The molecule has 18 heavy (non-hydrogen) atoms. The number of cyclic esters (lactones) is 1. The third-order valence-electron chi connectivity index (χ3n) is 2.37. The van der Waals surface area contributed by atoms with Crippen LogP contribution in [-0.4, -0.2) is 12.7 Å². The van der Waals surface area contributed by atoms with Crippen molar-refractivity contribution in [3.05, 3.63) is 34.3 Å². The summed E-state index contributed by atoms with van der Waals surface area (Å²) in [6.07, 6.45) is -5.24. The second-order valence-electron chi connectivity index (χ2n) is 3.52. The number of carbonyl (C=O) groups is 1. The molecule has 1 aliphatic rings. The smallest absolute Gasteiger partial charge is 0.416 e. The minimum atomic E-state index is -4.52. The number of hydrogen-bond donors (Lipinski definition) is 1. The van der Waals surface area contributed by atoms with Gasteiger partial charge in [0.2, 0.25) is 0 Å². The number of rotatable bonds is 1. The molecule has 3 nitrogen and oxygen atoms in total. The second-order valence-corrected chi connectivity index (χ2v) is 3.96. The van der Waals surface area contributed by atoms with Crippen LogP contribution in [0.4, 0.5) is 18.0 Å². The third kappa shape index (κ3) is 3.00. The van der Waals surface area contributed by atoms with E-state index in [0.29, 0.717) is 0 Å². The summed E-state index contributed by atoms with van der Waals surface area (Å²) in [5, 5.41) is 2.29. The molecule has 0 unspecified atom stereocenters. The van der Waals surface area contributed by atoms with Crippen LogP contribution in [0.25, 0.3) is 0 Å². The Morgan fingerprint density at radius 2 is 2.06 bits per heavy atom. The predicted molar refractivity (Wildman–Crippen MR) is 60.9 cm³/mol. The van der Waals surface area contributed by atoms with E-state index >= 15 is 0 Å². The Labute approximate surface area is 112 Å². The first-order valence-electron chi connectivity index (χ1n) is 4.68. The van der Waals surface area contributed by atoms with E-state index in [2.05, 4.69) is 10.1 Å². The van der Waals surface area contributed by atoms with Crippen LogP contribution in [-0.2, 0) is 10.9 Å². The highest BCUT2D eigenvalue weighted by molar-refractivity contribution is 6.30. The summed E-state index contributed by atoms with van der Waals surface area (Å²) in [5.41, 5.74) is -0.909. The number of carbonyl (C=O) groups excluding carboxylic acids is 1. The molecule has 1 aliphatic heterocycles. The Kier molecular flexibility index (Phi) is 4.34. The number of amides is 1. The fourth-order valence-electron chi connectivity index (χ4n) is 1.63. The van der Waals surface area contributed by atoms with Gasteiger partial charge in [0.15, 0.2) is 0 Å². The number of benzene rings is 1. The maximum atomic E-state index is 12.8. The minimum absolute atomic E-state index is 0. The van der Waals surface area contributed by atoms with Crippen LogP contribution in [0, 0.1) is 0 Å². The van der Waals surface area contributed by atoms with E-state index in [1.807, 2.05) is 0 Å². The van der Waals surface area contributed by atoms with Gasteiger partial charge in [-0.1, -0.05) is 17.7 Å². The topological polar surface area (TPSA) is 38.3 Å². The number of hydrogen-bond acceptors (Lipinski definition) is 2. The van der Waals surface area contributed by atoms with Crippen molar-refractivity contribution < 1.29 is 22.7 Å². The molecule has 1 atom stereocenters. The Morgan fingerprint density at radius 1 is 1.39 bits per heavy atom. The molecule has 8 heteroatoms. The zero-order valence-corrected chi connectivity index (χ0v) is 10.3. The van der Waals surface area contributed by atoms with E-state index in [1.54, 1.807) is 0 Å². The number of alkyl carbamates (subject to hydrolysis) is 1. The van der Waals surface area contributed by atoms with Crippen LogP contribution in [0.15, 0.2) is 18.2 Å². The van der Waals surface area contributed by atoms with Gasteiger partial charge < -0.3 is 10.1 Å². The molecular weight excluding hydrogens is 294 g/mol. The predicted octanol–water partition coefficient (Wildman–Crippen LogP) is 3.56. The molecule has 1 aromatic carbocycles. The zero-order valence-electron chi connectivity index (χ0n) is 8.75. The number of ether oxygens (including phenoxy) is 1. The van der Waals surface area contributed by atoms with Gasteiger partial charge in [0, 0.05) is 5.02 Å². The van der Waals surface area contributed by atoms with E-state index in [9.17, 15) is 18.0 Å². The van der Waals surface area contributed by atoms with Gasteiger partial charge in [0.25, 0.3) is 0 Å². The van der Waals surface area contributed by atoms with Gasteiger partial charge in [0.05, 0.1) is 11.6 Å². The summed E-state index contributed by atoms with van der Waals surface area (Å²) in [6, 6.07) is 2.62. The van der Waals surface area contributed by atoms with Crippen molar-refractivity contribution >= 4 is 30.1 Å². The summed E-state index contributed by atoms with van der Waals surface area (Å²) < 4.78 is 42.9. The van der Waals surface area contributed by atoms with Crippen molar-refractivity contribution in [2.24, 2.45) is 0 Å². The van der Waals surface area contributed by atoms with Gasteiger partial charge in [-0.3, -0.25) is 0 Å². The average molecular weight is 302 g/mol. The van der Waals surface area contributed by atoms with Crippen LogP contribution in [0.1, 0.15) is 17.2 Å². The molecular formula is C10H8Cl2F3NO2. The van der Waals surface area contributed by atoms with Crippen molar-refractivity contribution in [3.8, 4) is 0 Å². The standard InChI is InChI=1S/C10H7ClF3NO2.ClH/c11-5-1-2-6(7(3-5)10(12,13)14)8-4-17-9(16)15-8;/h1-3,8H,4H2,(H,15,16);1H/t8-;/m1./s1. The van der Waals surface area contributed by atoms with Gasteiger partial charge in [-0.2, -0.15) is 13.2 Å². The fourth-order valence-corrected chi connectivity index (χ4v) is 1.80. The molecule has 0 aromatic heterocycles. The minimum Gasteiger partial charge on any atom is -0.447 e. The quantitative estimate of drug-likeness (QED) is 0.861. The first-order valence-corrected chi connectivity index (χ1v) is 5.05. The van der Waals surface area contributed by atoms with Crippen molar-refractivity contribution in [3.63, 3.8) is 0 Å². The van der Waals surface area contributed by atoms with E-state index < -0.39 is 23.9 Å². The molecule has 0 aliphatic carbocycles. The number of halogens is 5. The summed E-state index contributed by atoms with van der Waals surface area (Å²) in [4.78, 5) is 10.8. The van der Waals surface area contributed by atoms with Crippen LogP contribution >= 0.6 is 24.0 Å². The number of nitrogens with one attached hydrogen (secondary N) is 1. The largest absolute Gasteiger partial charge is 0.447 e. The molecule has 1 N–H and O–H groups in total. The lowest BCUT2D eigenvalue weighted by atomic mass is 10.0. The van der Waals surface area contributed by atoms with Crippen molar-refractivity contribution in [2.75, 3.05) is 6.61 Å². The lowest BCUT2D eigenvalue weighted by Crippen LogP contribution is -2.22. The van der Waals surface area contributed by atoms with Crippen LogP contribution in [0.2, 0.25) is 5.02 Å². The number of alkyl halides is 3. The summed E-state index contributed by atoms with van der Waals surface area (Å²) in [6.45, 7) is -0.121. The van der Waals surface area contributed by atoms with Crippen molar-refractivity contribution in [1.29, 1.82) is 0 Å². The van der Waals surface area contributed by atoms with Gasteiger partial charge in [-0.05, 0) is 17.7 Å². The molecule has 0 spiro atoms. The monoisotopic (exact) mass is 301 g/mol. The van der Waals surface area contributed by atoms with E-state index in [-0.39, 0.29) is 29.6 Å². The van der Waals surface area contributed by atoms with E-state index in [1.165, 1.54) is 12.1 Å². The molecule has 1 fully saturated rings. The van der Waals surface area contributed by atoms with Gasteiger partial charge in [0.1, 0.15) is 6.61 Å². The highest BCUT2D eigenvalue weighted by atomic mass is 35.5. The molecule has 100 valence electrons. The highest BCUT2D eigenvalue weighted by Crippen LogP contribution is 2.37. The van der Waals surface area contributed by atoms with Crippen molar-refractivity contribution in [1.82, 2.24) is 5.32 Å². The van der Waals surface area contributed by atoms with Crippen LogP contribution in [0.5, 0.6) is 0 Å². The molecule has 1 aromatic rings.